The minimum atomic E-state index is 0.276. The molecule has 18 heavy (non-hydrogen) atoms. The Balaban J connectivity index is 2.05. The lowest BCUT2D eigenvalue weighted by Gasteiger charge is -2.18. The summed E-state index contributed by atoms with van der Waals surface area (Å²) >= 11 is 6.09. The van der Waals surface area contributed by atoms with Crippen molar-refractivity contribution in [3.63, 3.8) is 0 Å². The molecule has 1 aliphatic rings. The molecular formula is C15H22ClNO. The summed E-state index contributed by atoms with van der Waals surface area (Å²) < 4.78 is 5.92. The van der Waals surface area contributed by atoms with Crippen LogP contribution in [0.15, 0.2) is 18.2 Å². The van der Waals surface area contributed by atoms with E-state index in [9.17, 15) is 0 Å². The van der Waals surface area contributed by atoms with Gasteiger partial charge < -0.3 is 10.1 Å². The monoisotopic (exact) mass is 267 g/mol. The predicted molar refractivity (Wildman–Crippen MR) is 76.4 cm³/mol. The summed E-state index contributed by atoms with van der Waals surface area (Å²) in [5.41, 5.74) is 1.16. The fourth-order valence-corrected chi connectivity index (χ4v) is 2.13. The number of hydrogen-bond donors (Lipinski definition) is 1. The minimum Gasteiger partial charge on any atom is -0.493 e. The van der Waals surface area contributed by atoms with Crippen molar-refractivity contribution in [1.29, 1.82) is 0 Å². The van der Waals surface area contributed by atoms with E-state index in [1.165, 1.54) is 12.8 Å². The first-order chi connectivity index (χ1) is 8.70. The molecule has 0 saturated heterocycles. The summed E-state index contributed by atoms with van der Waals surface area (Å²) in [4.78, 5) is 0. The van der Waals surface area contributed by atoms with Gasteiger partial charge in [0.25, 0.3) is 0 Å². The van der Waals surface area contributed by atoms with E-state index in [4.69, 9.17) is 16.3 Å². The van der Waals surface area contributed by atoms with Gasteiger partial charge in [0.1, 0.15) is 5.75 Å². The van der Waals surface area contributed by atoms with Crippen molar-refractivity contribution >= 4 is 11.6 Å². The summed E-state index contributed by atoms with van der Waals surface area (Å²) in [5, 5.41) is 4.25. The van der Waals surface area contributed by atoms with E-state index >= 15 is 0 Å². The highest BCUT2D eigenvalue weighted by Gasteiger charge is 2.22. The van der Waals surface area contributed by atoms with Crippen molar-refractivity contribution in [3.05, 3.63) is 28.8 Å². The number of halogens is 1. The molecular weight excluding hydrogens is 246 g/mol. The summed E-state index contributed by atoms with van der Waals surface area (Å²) in [6, 6.07) is 6.18. The SMILES string of the molecule is CCCNC(C)c1cc(Cl)ccc1OCC1CC1. The molecule has 100 valence electrons. The van der Waals surface area contributed by atoms with E-state index < -0.39 is 0 Å². The second-order valence-electron chi connectivity index (χ2n) is 5.11. The fourth-order valence-electron chi connectivity index (χ4n) is 1.95. The van der Waals surface area contributed by atoms with E-state index in [1.807, 2.05) is 18.2 Å². The first kappa shape index (κ1) is 13.7. The molecule has 1 aromatic carbocycles. The third-order valence-corrected chi connectivity index (χ3v) is 3.55. The van der Waals surface area contributed by atoms with Gasteiger partial charge in [0.2, 0.25) is 0 Å². The normalized spacial score (nSPS) is 16.6. The zero-order chi connectivity index (χ0) is 13.0. The first-order valence-corrected chi connectivity index (χ1v) is 7.24. The molecule has 0 radical (unpaired) electrons. The largest absolute Gasteiger partial charge is 0.493 e. The molecule has 1 N–H and O–H groups in total. The predicted octanol–water partition coefficient (Wildman–Crippen LogP) is 4.19. The van der Waals surface area contributed by atoms with Crippen LogP contribution in [-0.2, 0) is 0 Å². The van der Waals surface area contributed by atoms with E-state index in [2.05, 4.69) is 19.2 Å². The third kappa shape index (κ3) is 3.89. The van der Waals surface area contributed by atoms with Gasteiger partial charge in [-0.05, 0) is 56.8 Å². The number of benzene rings is 1. The maximum Gasteiger partial charge on any atom is 0.124 e. The van der Waals surface area contributed by atoms with E-state index in [1.54, 1.807) is 0 Å². The molecule has 1 saturated carbocycles. The third-order valence-electron chi connectivity index (χ3n) is 3.31. The lowest BCUT2D eigenvalue weighted by Crippen LogP contribution is -2.20. The van der Waals surface area contributed by atoms with E-state index in [0.717, 1.165) is 41.8 Å². The van der Waals surface area contributed by atoms with Crippen LogP contribution in [0.2, 0.25) is 5.02 Å². The van der Waals surface area contributed by atoms with Gasteiger partial charge in [-0.1, -0.05) is 18.5 Å². The van der Waals surface area contributed by atoms with Gasteiger partial charge in [-0.2, -0.15) is 0 Å². The quantitative estimate of drug-likeness (QED) is 0.800. The maximum atomic E-state index is 6.09. The molecule has 0 heterocycles. The van der Waals surface area contributed by atoms with Gasteiger partial charge >= 0.3 is 0 Å². The topological polar surface area (TPSA) is 21.3 Å². The molecule has 1 aromatic rings. The summed E-state index contributed by atoms with van der Waals surface area (Å²) in [7, 11) is 0. The lowest BCUT2D eigenvalue weighted by atomic mass is 10.1. The Hall–Kier alpha value is -0.730. The van der Waals surface area contributed by atoms with Crippen molar-refractivity contribution in [2.45, 2.75) is 39.2 Å². The number of hydrogen-bond acceptors (Lipinski definition) is 2. The average molecular weight is 268 g/mol. The minimum absolute atomic E-state index is 0.276. The molecule has 2 nitrogen and oxygen atoms in total. The Kier molecular flexibility index (Phi) is 4.90. The standard InChI is InChI=1S/C15H22ClNO/c1-3-8-17-11(2)14-9-13(16)6-7-15(14)18-10-12-4-5-12/h6-7,9,11-12,17H,3-5,8,10H2,1-2H3. The van der Waals surface area contributed by atoms with Crippen molar-refractivity contribution in [3.8, 4) is 5.75 Å². The second-order valence-corrected chi connectivity index (χ2v) is 5.55. The van der Waals surface area contributed by atoms with Crippen LogP contribution in [0.25, 0.3) is 0 Å². The summed E-state index contributed by atoms with van der Waals surface area (Å²) in [5.74, 6) is 1.75. The average Bonchev–Trinajstić information content (AvgIpc) is 3.18. The highest BCUT2D eigenvalue weighted by atomic mass is 35.5. The molecule has 1 aliphatic carbocycles. The van der Waals surface area contributed by atoms with E-state index in [0.29, 0.717) is 0 Å². The van der Waals surface area contributed by atoms with Crippen molar-refractivity contribution < 1.29 is 4.74 Å². The molecule has 0 aliphatic heterocycles. The number of nitrogens with one attached hydrogen (secondary N) is 1. The first-order valence-electron chi connectivity index (χ1n) is 6.86. The van der Waals surface area contributed by atoms with Crippen molar-refractivity contribution in [2.24, 2.45) is 5.92 Å². The molecule has 0 aromatic heterocycles. The van der Waals surface area contributed by atoms with Crippen LogP contribution in [0.5, 0.6) is 5.75 Å². The van der Waals surface area contributed by atoms with Crippen LogP contribution in [0.1, 0.15) is 44.7 Å². The molecule has 3 heteroatoms. The lowest BCUT2D eigenvalue weighted by molar-refractivity contribution is 0.294. The smallest absolute Gasteiger partial charge is 0.124 e. The Bertz CT molecular complexity index is 390. The Labute approximate surface area is 115 Å². The zero-order valence-corrected chi connectivity index (χ0v) is 12.0. The van der Waals surface area contributed by atoms with Gasteiger partial charge in [0.05, 0.1) is 6.61 Å². The highest BCUT2D eigenvalue weighted by Crippen LogP contribution is 2.33. The number of ether oxygens (including phenoxy) is 1. The molecule has 2 rings (SSSR count). The Morgan fingerprint density at radius 1 is 1.44 bits per heavy atom. The zero-order valence-electron chi connectivity index (χ0n) is 11.2. The summed E-state index contributed by atoms with van der Waals surface area (Å²) in [6.07, 6.45) is 3.75. The van der Waals surface area contributed by atoms with Crippen LogP contribution >= 0.6 is 11.6 Å². The molecule has 0 bridgehead atoms. The summed E-state index contributed by atoms with van der Waals surface area (Å²) in [6.45, 7) is 6.18. The maximum absolute atomic E-state index is 6.09. The van der Waals surface area contributed by atoms with Crippen LogP contribution in [0.3, 0.4) is 0 Å². The molecule has 0 amide bonds. The van der Waals surface area contributed by atoms with Gasteiger partial charge in [0.15, 0.2) is 0 Å². The van der Waals surface area contributed by atoms with E-state index in [-0.39, 0.29) is 6.04 Å². The van der Waals surface area contributed by atoms with Crippen LogP contribution in [-0.4, -0.2) is 13.2 Å². The van der Waals surface area contributed by atoms with Gasteiger partial charge in [-0.25, -0.2) is 0 Å². The molecule has 1 atom stereocenters. The van der Waals surface area contributed by atoms with Gasteiger partial charge in [-0.15, -0.1) is 0 Å². The fraction of sp³-hybridized carbons (Fsp3) is 0.600. The van der Waals surface area contributed by atoms with Crippen molar-refractivity contribution in [2.75, 3.05) is 13.2 Å². The van der Waals surface area contributed by atoms with Gasteiger partial charge in [-0.3, -0.25) is 0 Å². The van der Waals surface area contributed by atoms with Crippen LogP contribution < -0.4 is 10.1 Å². The highest BCUT2D eigenvalue weighted by molar-refractivity contribution is 6.30. The Morgan fingerprint density at radius 2 is 2.22 bits per heavy atom. The molecule has 1 fully saturated rings. The molecule has 0 spiro atoms. The van der Waals surface area contributed by atoms with Crippen LogP contribution in [0, 0.1) is 5.92 Å². The Morgan fingerprint density at radius 3 is 2.89 bits per heavy atom. The van der Waals surface area contributed by atoms with Crippen LogP contribution in [0.4, 0.5) is 0 Å². The number of rotatable bonds is 7. The molecule has 1 unspecified atom stereocenters. The van der Waals surface area contributed by atoms with Gasteiger partial charge in [0, 0.05) is 16.6 Å². The van der Waals surface area contributed by atoms with Crippen molar-refractivity contribution in [1.82, 2.24) is 5.32 Å². The second kappa shape index (κ2) is 6.44.